The van der Waals surface area contributed by atoms with Gasteiger partial charge in [-0.2, -0.15) is 0 Å². The number of aryl methyl sites for hydroxylation is 1. The van der Waals surface area contributed by atoms with Crippen LogP contribution >= 0.6 is 27.5 Å². The summed E-state index contributed by atoms with van der Waals surface area (Å²) in [5.74, 6) is -0.203. The molecular formula is C17H12BrClN2O. The average Bonchev–Trinajstić information content (AvgIpc) is 2.49. The number of halogens is 2. The molecule has 0 aliphatic rings. The normalized spacial score (nSPS) is 10.7. The van der Waals surface area contributed by atoms with Crippen molar-refractivity contribution in [3.05, 3.63) is 69.3 Å². The van der Waals surface area contributed by atoms with Crippen LogP contribution in [0.5, 0.6) is 0 Å². The first-order valence-corrected chi connectivity index (χ1v) is 7.84. The molecular weight excluding hydrogens is 364 g/mol. The van der Waals surface area contributed by atoms with Gasteiger partial charge in [0.25, 0.3) is 5.91 Å². The van der Waals surface area contributed by atoms with E-state index in [0.29, 0.717) is 16.3 Å². The van der Waals surface area contributed by atoms with E-state index < -0.39 is 0 Å². The van der Waals surface area contributed by atoms with Crippen LogP contribution in [-0.2, 0) is 0 Å². The molecule has 0 bridgehead atoms. The third kappa shape index (κ3) is 2.98. The maximum atomic E-state index is 12.6. The van der Waals surface area contributed by atoms with Gasteiger partial charge in [-0.1, -0.05) is 45.7 Å². The van der Waals surface area contributed by atoms with Crippen LogP contribution in [0.1, 0.15) is 16.1 Å². The van der Waals surface area contributed by atoms with Gasteiger partial charge < -0.3 is 5.32 Å². The molecule has 110 valence electrons. The Hall–Kier alpha value is -1.91. The van der Waals surface area contributed by atoms with Crippen LogP contribution in [0.4, 0.5) is 5.69 Å². The van der Waals surface area contributed by atoms with Gasteiger partial charge in [-0.15, -0.1) is 0 Å². The highest BCUT2D eigenvalue weighted by molar-refractivity contribution is 9.10. The third-order valence-electron chi connectivity index (χ3n) is 3.27. The number of pyridine rings is 1. The van der Waals surface area contributed by atoms with Crippen molar-refractivity contribution in [3.63, 3.8) is 0 Å². The van der Waals surface area contributed by atoms with Crippen molar-refractivity contribution in [2.75, 3.05) is 5.32 Å². The number of anilines is 1. The van der Waals surface area contributed by atoms with E-state index in [1.54, 1.807) is 18.2 Å². The van der Waals surface area contributed by atoms with Crippen LogP contribution in [-0.4, -0.2) is 10.9 Å². The fourth-order valence-corrected chi connectivity index (χ4v) is 3.00. The Kier molecular flexibility index (Phi) is 4.14. The number of benzene rings is 2. The van der Waals surface area contributed by atoms with Crippen molar-refractivity contribution in [3.8, 4) is 0 Å². The zero-order valence-electron chi connectivity index (χ0n) is 11.7. The third-order valence-corrected chi connectivity index (χ3v) is 4.07. The molecule has 0 fully saturated rings. The lowest BCUT2D eigenvalue weighted by Crippen LogP contribution is -2.13. The molecule has 0 radical (unpaired) electrons. The Labute approximate surface area is 141 Å². The fourth-order valence-electron chi connectivity index (χ4n) is 2.28. The smallest absolute Gasteiger partial charge is 0.256 e. The van der Waals surface area contributed by atoms with E-state index in [4.69, 9.17) is 11.6 Å². The summed E-state index contributed by atoms with van der Waals surface area (Å²) in [6.45, 7) is 1.87. The SMILES string of the molecule is Cc1cc(C(=O)Nc2ccc(Br)cc2Cl)c2ccccc2n1. The van der Waals surface area contributed by atoms with Gasteiger partial charge in [0.2, 0.25) is 0 Å². The molecule has 1 N–H and O–H groups in total. The van der Waals surface area contributed by atoms with Gasteiger partial charge in [0.1, 0.15) is 0 Å². The molecule has 0 saturated heterocycles. The predicted molar refractivity (Wildman–Crippen MR) is 93.6 cm³/mol. The van der Waals surface area contributed by atoms with Crippen LogP contribution in [0.3, 0.4) is 0 Å². The van der Waals surface area contributed by atoms with E-state index in [9.17, 15) is 4.79 Å². The second kappa shape index (κ2) is 6.07. The Morgan fingerprint density at radius 3 is 2.73 bits per heavy atom. The Morgan fingerprint density at radius 2 is 1.95 bits per heavy atom. The largest absolute Gasteiger partial charge is 0.321 e. The van der Waals surface area contributed by atoms with Gasteiger partial charge >= 0.3 is 0 Å². The summed E-state index contributed by atoms with van der Waals surface area (Å²) in [6.07, 6.45) is 0. The van der Waals surface area contributed by atoms with Gasteiger partial charge in [-0.05, 0) is 37.3 Å². The maximum Gasteiger partial charge on any atom is 0.256 e. The molecule has 2 aromatic carbocycles. The molecule has 3 aromatic rings. The number of carbonyl (C=O) groups excluding carboxylic acids is 1. The second-order valence-corrected chi connectivity index (χ2v) is 6.23. The predicted octanol–water partition coefficient (Wildman–Crippen LogP) is 5.21. The molecule has 0 aliphatic carbocycles. The van der Waals surface area contributed by atoms with E-state index >= 15 is 0 Å². The number of nitrogens with zero attached hydrogens (tertiary/aromatic N) is 1. The molecule has 5 heteroatoms. The first-order valence-electron chi connectivity index (χ1n) is 6.67. The number of rotatable bonds is 2. The maximum absolute atomic E-state index is 12.6. The molecule has 0 saturated carbocycles. The lowest BCUT2D eigenvalue weighted by Gasteiger charge is -2.10. The highest BCUT2D eigenvalue weighted by Gasteiger charge is 2.13. The minimum absolute atomic E-state index is 0.203. The first kappa shape index (κ1) is 15.0. The van der Waals surface area contributed by atoms with Gasteiger partial charge in [0, 0.05) is 15.6 Å². The van der Waals surface area contributed by atoms with Crippen molar-refractivity contribution in [2.45, 2.75) is 6.92 Å². The van der Waals surface area contributed by atoms with Crippen LogP contribution in [0.25, 0.3) is 10.9 Å². The summed E-state index contributed by atoms with van der Waals surface area (Å²) < 4.78 is 0.862. The molecule has 1 aromatic heterocycles. The van der Waals surface area contributed by atoms with Crippen molar-refractivity contribution in [2.24, 2.45) is 0 Å². The fraction of sp³-hybridized carbons (Fsp3) is 0.0588. The monoisotopic (exact) mass is 374 g/mol. The summed E-state index contributed by atoms with van der Waals surface area (Å²) in [5, 5.41) is 4.16. The number of aromatic nitrogens is 1. The zero-order valence-corrected chi connectivity index (χ0v) is 14.1. The average molecular weight is 376 g/mol. The number of nitrogens with one attached hydrogen (secondary N) is 1. The van der Waals surface area contributed by atoms with Crippen LogP contribution in [0.15, 0.2) is 53.0 Å². The van der Waals surface area contributed by atoms with Crippen LogP contribution in [0, 0.1) is 6.92 Å². The number of fused-ring (bicyclic) bond motifs is 1. The molecule has 3 rings (SSSR count). The number of para-hydroxylation sites is 1. The number of carbonyl (C=O) groups is 1. The number of hydrogen-bond acceptors (Lipinski definition) is 2. The van der Waals surface area contributed by atoms with Gasteiger partial charge in [-0.3, -0.25) is 9.78 Å². The zero-order chi connectivity index (χ0) is 15.7. The Morgan fingerprint density at radius 1 is 1.18 bits per heavy atom. The van der Waals surface area contributed by atoms with E-state index in [0.717, 1.165) is 21.1 Å². The summed E-state index contributed by atoms with van der Waals surface area (Å²) in [7, 11) is 0. The van der Waals surface area contributed by atoms with Crippen molar-refractivity contribution >= 4 is 50.0 Å². The van der Waals surface area contributed by atoms with Crippen LogP contribution < -0.4 is 5.32 Å². The molecule has 0 spiro atoms. The second-order valence-electron chi connectivity index (χ2n) is 4.91. The molecule has 1 heterocycles. The topological polar surface area (TPSA) is 42.0 Å². The lowest BCUT2D eigenvalue weighted by molar-refractivity contribution is 0.102. The summed E-state index contributed by atoms with van der Waals surface area (Å²) in [4.78, 5) is 17.1. The molecule has 0 atom stereocenters. The van der Waals surface area contributed by atoms with E-state index in [2.05, 4.69) is 26.2 Å². The van der Waals surface area contributed by atoms with Crippen molar-refractivity contribution < 1.29 is 4.79 Å². The Balaban J connectivity index is 2.02. The summed E-state index contributed by atoms with van der Waals surface area (Å²) in [6, 6.07) is 14.7. The molecule has 3 nitrogen and oxygen atoms in total. The Bertz CT molecular complexity index is 880. The highest BCUT2D eigenvalue weighted by Crippen LogP contribution is 2.27. The minimum atomic E-state index is -0.203. The molecule has 1 amide bonds. The van der Waals surface area contributed by atoms with E-state index in [1.807, 2.05) is 37.3 Å². The van der Waals surface area contributed by atoms with Gasteiger partial charge in [-0.25, -0.2) is 0 Å². The lowest BCUT2D eigenvalue weighted by atomic mass is 10.1. The summed E-state index contributed by atoms with van der Waals surface area (Å²) >= 11 is 9.50. The van der Waals surface area contributed by atoms with Gasteiger partial charge in [0.15, 0.2) is 0 Å². The van der Waals surface area contributed by atoms with Crippen molar-refractivity contribution in [1.82, 2.24) is 4.98 Å². The number of hydrogen-bond donors (Lipinski definition) is 1. The molecule has 22 heavy (non-hydrogen) atoms. The molecule has 0 unspecified atom stereocenters. The standard InChI is InChI=1S/C17H12BrClN2O/c1-10-8-13(12-4-2-3-5-15(12)20-10)17(22)21-16-7-6-11(18)9-14(16)19/h2-9H,1H3,(H,21,22). The minimum Gasteiger partial charge on any atom is -0.321 e. The quantitative estimate of drug-likeness (QED) is 0.668. The van der Waals surface area contributed by atoms with Gasteiger partial charge in [0.05, 0.1) is 21.8 Å². The van der Waals surface area contributed by atoms with Crippen molar-refractivity contribution in [1.29, 1.82) is 0 Å². The van der Waals surface area contributed by atoms with E-state index in [1.165, 1.54) is 0 Å². The van der Waals surface area contributed by atoms with E-state index in [-0.39, 0.29) is 5.91 Å². The highest BCUT2D eigenvalue weighted by atomic mass is 79.9. The first-order chi connectivity index (χ1) is 10.5. The number of amides is 1. The van der Waals surface area contributed by atoms with Crippen LogP contribution in [0.2, 0.25) is 5.02 Å². The molecule has 0 aliphatic heterocycles. The summed E-state index contributed by atoms with van der Waals surface area (Å²) in [5.41, 5.74) is 2.76.